The average molecular weight is 322 g/mol. The van der Waals surface area contributed by atoms with Gasteiger partial charge in [0.2, 0.25) is 0 Å². The highest BCUT2D eigenvalue weighted by molar-refractivity contribution is 5.98. The molecule has 0 amide bonds. The Morgan fingerprint density at radius 2 is 2.26 bits per heavy atom. The maximum atomic E-state index is 12.0. The zero-order valence-corrected chi connectivity index (χ0v) is 13.8. The van der Waals surface area contributed by atoms with Gasteiger partial charge in [0.1, 0.15) is 0 Å². The molecule has 2 aliphatic rings. The van der Waals surface area contributed by atoms with Crippen molar-refractivity contribution in [3.8, 4) is 0 Å². The topological polar surface area (TPSA) is 61.8 Å². The fraction of sp³-hybridized carbons (Fsp3) is 0.667. The van der Waals surface area contributed by atoms with Crippen LogP contribution >= 0.6 is 0 Å². The van der Waals surface area contributed by atoms with Gasteiger partial charge in [0.05, 0.1) is 13.2 Å². The van der Waals surface area contributed by atoms with Gasteiger partial charge in [-0.05, 0) is 50.2 Å². The van der Waals surface area contributed by atoms with Crippen LogP contribution in [0.2, 0.25) is 0 Å². The van der Waals surface area contributed by atoms with Gasteiger partial charge in [0, 0.05) is 19.4 Å². The molecule has 128 valence electrons. The number of ketones is 1. The second kappa shape index (κ2) is 9.63. The van der Waals surface area contributed by atoms with E-state index in [-0.39, 0.29) is 24.1 Å². The summed E-state index contributed by atoms with van der Waals surface area (Å²) in [4.78, 5) is 23.0. The van der Waals surface area contributed by atoms with Gasteiger partial charge in [-0.15, -0.1) is 0 Å². The predicted molar refractivity (Wildman–Crippen MR) is 85.8 cm³/mol. The van der Waals surface area contributed by atoms with Crippen molar-refractivity contribution in [3.63, 3.8) is 0 Å². The van der Waals surface area contributed by atoms with Gasteiger partial charge in [-0.25, -0.2) is 0 Å². The van der Waals surface area contributed by atoms with Crippen molar-refractivity contribution in [1.29, 1.82) is 0 Å². The Kier molecular flexibility index (Phi) is 7.49. The minimum Gasteiger partial charge on any atom is -0.469 e. The number of hydrogen-bond donors (Lipinski definition) is 0. The third kappa shape index (κ3) is 6.28. The summed E-state index contributed by atoms with van der Waals surface area (Å²) < 4.78 is 16.0. The highest BCUT2D eigenvalue weighted by Gasteiger charge is 2.27. The maximum absolute atomic E-state index is 12.0. The Morgan fingerprint density at radius 3 is 3.00 bits per heavy atom. The van der Waals surface area contributed by atoms with Gasteiger partial charge in [-0.3, -0.25) is 9.59 Å². The molecule has 1 aliphatic heterocycles. The van der Waals surface area contributed by atoms with E-state index >= 15 is 0 Å². The lowest BCUT2D eigenvalue weighted by Gasteiger charge is -2.24. The summed E-state index contributed by atoms with van der Waals surface area (Å²) >= 11 is 0. The van der Waals surface area contributed by atoms with Crippen molar-refractivity contribution in [2.45, 2.75) is 63.8 Å². The molecule has 0 N–H and O–H groups in total. The van der Waals surface area contributed by atoms with Gasteiger partial charge in [0.15, 0.2) is 12.1 Å². The number of esters is 1. The first-order valence-electron chi connectivity index (χ1n) is 8.42. The number of hydrogen-bond acceptors (Lipinski definition) is 5. The second-order valence-corrected chi connectivity index (χ2v) is 5.93. The van der Waals surface area contributed by atoms with Gasteiger partial charge >= 0.3 is 5.97 Å². The molecule has 2 atom stereocenters. The van der Waals surface area contributed by atoms with Crippen molar-refractivity contribution < 1.29 is 23.8 Å². The number of rotatable bonds is 8. The molecule has 5 heteroatoms. The van der Waals surface area contributed by atoms with E-state index in [1.807, 2.05) is 18.2 Å². The molecule has 0 aromatic rings. The smallest absolute Gasteiger partial charge is 0.305 e. The number of carbonyl (C=O) groups is 2. The van der Waals surface area contributed by atoms with Gasteiger partial charge in [-0.1, -0.05) is 12.2 Å². The molecule has 0 spiro atoms. The Labute approximate surface area is 137 Å². The Morgan fingerprint density at radius 1 is 1.39 bits per heavy atom. The molecular weight excluding hydrogens is 296 g/mol. The van der Waals surface area contributed by atoms with Crippen LogP contribution in [0.5, 0.6) is 0 Å². The van der Waals surface area contributed by atoms with Crippen LogP contribution in [0.1, 0.15) is 51.4 Å². The van der Waals surface area contributed by atoms with E-state index in [4.69, 9.17) is 9.47 Å². The molecular formula is C18H26O5. The molecule has 1 aliphatic carbocycles. The molecule has 1 fully saturated rings. The van der Waals surface area contributed by atoms with Crippen LogP contribution < -0.4 is 0 Å². The minimum absolute atomic E-state index is 0.145. The zero-order chi connectivity index (χ0) is 16.5. The van der Waals surface area contributed by atoms with Crippen molar-refractivity contribution in [1.82, 2.24) is 0 Å². The number of unbranched alkanes of at least 4 members (excludes halogenated alkanes) is 1. The number of methoxy groups -OCH3 is 1. The summed E-state index contributed by atoms with van der Waals surface area (Å²) in [7, 11) is 1.40. The molecule has 1 unspecified atom stereocenters. The van der Waals surface area contributed by atoms with Crippen molar-refractivity contribution in [3.05, 3.63) is 23.8 Å². The van der Waals surface area contributed by atoms with E-state index in [9.17, 15) is 9.59 Å². The zero-order valence-electron chi connectivity index (χ0n) is 13.8. The lowest BCUT2D eigenvalue weighted by Crippen LogP contribution is -2.26. The minimum atomic E-state index is -0.183. The van der Waals surface area contributed by atoms with Crippen molar-refractivity contribution in [2.24, 2.45) is 0 Å². The molecule has 5 nitrogen and oxygen atoms in total. The molecule has 0 radical (unpaired) electrons. The fourth-order valence-corrected chi connectivity index (χ4v) is 2.77. The monoisotopic (exact) mass is 322 g/mol. The summed E-state index contributed by atoms with van der Waals surface area (Å²) in [6, 6.07) is 0. The van der Waals surface area contributed by atoms with E-state index in [1.54, 1.807) is 0 Å². The standard InChI is InChI=1S/C18H26O5/c1-21-17(20)9-5-3-2-4-8-14-12-15(13-16(14)19)23-18-10-6-7-11-22-18/h2,4,12,15,18H,3,5-11,13H2,1H3/b4-2+/t15-,18?/m0/s1. The van der Waals surface area contributed by atoms with Crippen LogP contribution in [-0.2, 0) is 23.8 Å². The van der Waals surface area contributed by atoms with Gasteiger partial charge < -0.3 is 14.2 Å². The van der Waals surface area contributed by atoms with E-state index in [2.05, 4.69) is 4.74 Å². The predicted octanol–water partition coefficient (Wildman–Crippen LogP) is 3.09. The first-order chi connectivity index (χ1) is 11.2. The quantitative estimate of drug-likeness (QED) is 0.390. The van der Waals surface area contributed by atoms with Crippen LogP contribution in [0.15, 0.2) is 23.8 Å². The fourth-order valence-electron chi connectivity index (χ4n) is 2.77. The second-order valence-electron chi connectivity index (χ2n) is 5.93. The summed E-state index contributed by atoms with van der Waals surface area (Å²) in [5, 5.41) is 0. The van der Waals surface area contributed by atoms with Crippen LogP contribution in [0, 0.1) is 0 Å². The lowest BCUT2D eigenvalue weighted by molar-refractivity contribution is -0.178. The van der Waals surface area contributed by atoms with E-state index in [1.165, 1.54) is 7.11 Å². The highest BCUT2D eigenvalue weighted by atomic mass is 16.7. The molecule has 23 heavy (non-hydrogen) atoms. The largest absolute Gasteiger partial charge is 0.469 e. The van der Waals surface area contributed by atoms with E-state index in [0.717, 1.165) is 44.3 Å². The lowest BCUT2D eigenvalue weighted by atomic mass is 10.1. The molecule has 1 heterocycles. The molecule has 0 aromatic carbocycles. The number of Topliss-reactive ketones (excluding diaryl/α,β-unsaturated/α-hetero) is 1. The van der Waals surface area contributed by atoms with Gasteiger partial charge in [-0.2, -0.15) is 0 Å². The summed E-state index contributed by atoms with van der Waals surface area (Å²) in [5.74, 6) is -0.0259. The Balaban J connectivity index is 1.68. The first-order valence-corrected chi connectivity index (χ1v) is 8.42. The van der Waals surface area contributed by atoms with Crippen LogP contribution in [0.4, 0.5) is 0 Å². The van der Waals surface area contributed by atoms with Gasteiger partial charge in [0.25, 0.3) is 0 Å². The van der Waals surface area contributed by atoms with Crippen LogP contribution in [0.25, 0.3) is 0 Å². The summed E-state index contributed by atoms with van der Waals surface area (Å²) in [5.41, 5.74) is 0.815. The van der Waals surface area contributed by atoms with E-state index in [0.29, 0.717) is 19.3 Å². The van der Waals surface area contributed by atoms with Crippen molar-refractivity contribution in [2.75, 3.05) is 13.7 Å². The third-order valence-electron chi connectivity index (χ3n) is 4.08. The molecule has 0 aromatic heterocycles. The average Bonchev–Trinajstić information content (AvgIpc) is 2.91. The third-order valence-corrected chi connectivity index (χ3v) is 4.08. The number of allylic oxidation sites excluding steroid dienone is 3. The van der Waals surface area contributed by atoms with Crippen LogP contribution in [-0.4, -0.2) is 37.9 Å². The SMILES string of the molecule is COC(=O)CCC/C=C/CC1=C[C@H](OC2CCCCO2)CC1=O. The number of ether oxygens (including phenoxy) is 3. The summed E-state index contributed by atoms with van der Waals surface area (Å²) in [6.07, 6.45) is 11.8. The first kappa shape index (κ1) is 17.9. The molecule has 1 saturated heterocycles. The molecule has 0 saturated carbocycles. The molecule has 0 bridgehead atoms. The Hall–Kier alpha value is -1.46. The highest BCUT2D eigenvalue weighted by Crippen LogP contribution is 2.24. The number of carbonyl (C=O) groups excluding carboxylic acids is 2. The normalized spacial score (nSPS) is 24.9. The molecule has 2 rings (SSSR count). The Bertz CT molecular complexity index is 460. The maximum Gasteiger partial charge on any atom is 0.305 e. The summed E-state index contributed by atoms with van der Waals surface area (Å²) in [6.45, 7) is 0.746. The van der Waals surface area contributed by atoms with E-state index < -0.39 is 0 Å². The van der Waals surface area contributed by atoms with Crippen LogP contribution in [0.3, 0.4) is 0 Å². The van der Waals surface area contributed by atoms with Crippen molar-refractivity contribution >= 4 is 11.8 Å².